The second-order valence-corrected chi connectivity index (χ2v) is 6.03. The van der Waals surface area contributed by atoms with Crippen LogP contribution >= 0.6 is 0 Å². The molecule has 0 bridgehead atoms. The predicted molar refractivity (Wildman–Crippen MR) is 81.9 cm³/mol. The fourth-order valence-electron chi connectivity index (χ4n) is 3.02. The van der Waals surface area contributed by atoms with Gasteiger partial charge in [0.05, 0.1) is 12.7 Å². The summed E-state index contributed by atoms with van der Waals surface area (Å²) < 4.78 is 5.22. The summed E-state index contributed by atoms with van der Waals surface area (Å²) in [4.78, 5) is 0. The van der Waals surface area contributed by atoms with E-state index in [1.807, 2.05) is 18.2 Å². The Hall–Kier alpha value is -1.06. The number of hydrogen-bond acceptors (Lipinski definition) is 3. The Morgan fingerprint density at radius 1 is 1.35 bits per heavy atom. The first-order valence-corrected chi connectivity index (χ1v) is 7.71. The van der Waals surface area contributed by atoms with E-state index >= 15 is 0 Å². The third-order valence-corrected chi connectivity index (χ3v) is 4.53. The molecular formula is C17H27NO2. The third-order valence-electron chi connectivity index (χ3n) is 4.53. The molecular weight excluding hydrogens is 250 g/mol. The summed E-state index contributed by atoms with van der Waals surface area (Å²) >= 11 is 0. The van der Waals surface area contributed by atoms with Gasteiger partial charge in [0.15, 0.2) is 0 Å². The fourth-order valence-corrected chi connectivity index (χ4v) is 3.02. The molecule has 0 atom stereocenters. The van der Waals surface area contributed by atoms with Crippen molar-refractivity contribution in [2.75, 3.05) is 13.7 Å². The molecule has 2 N–H and O–H groups in total. The van der Waals surface area contributed by atoms with Crippen molar-refractivity contribution in [2.24, 2.45) is 5.92 Å². The molecule has 0 amide bonds. The van der Waals surface area contributed by atoms with Crippen molar-refractivity contribution in [2.45, 2.75) is 51.2 Å². The van der Waals surface area contributed by atoms with Crippen molar-refractivity contribution in [1.82, 2.24) is 5.32 Å². The van der Waals surface area contributed by atoms with E-state index in [1.165, 1.54) is 12.0 Å². The molecule has 112 valence electrons. The Labute approximate surface area is 122 Å². The van der Waals surface area contributed by atoms with Crippen LogP contribution in [-0.4, -0.2) is 24.4 Å². The van der Waals surface area contributed by atoms with Crippen molar-refractivity contribution in [3.63, 3.8) is 0 Å². The lowest BCUT2D eigenvalue weighted by molar-refractivity contribution is -0.00881. The topological polar surface area (TPSA) is 41.5 Å². The first kappa shape index (κ1) is 15.3. The van der Waals surface area contributed by atoms with Gasteiger partial charge >= 0.3 is 0 Å². The minimum absolute atomic E-state index is 0.509. The van der Waals surface area contributed by atoms with Crippen LogP contribution < -0.4 is 10.1 Å². The van der Waals surface area contributed by atoms with Gasteiger partial charge in [0.1, 0.15) is 5.75 Å². The molecule has 20 heavy (non-hydrogen) atoms. The van der Waals surface area contributed by atoms with Gasteiger partial charge in [0.2, 0.25) is 0 Å². The minimum atomic E-state index is -0.509. The molecule has 0 unspecified atom stereocenters. The number of aliphatic hydroxyl groups is 1. The highest BCUT2D eigenvalue weighted by Crippen LogP contribution is 2.33. The van der Waals surface area contributed by atoms with Gasteiger partial charge in [-0.15, -0.1) is 0 Å². The average molecular weight is 277 g/mol. The van der Waals surface area contributed by atoms with Crippen LogP contribution in [0.2, 0.25) is 0 Å². The first-order valence-electron chi connectivity index (χ1n) is 7.71. The van der Waals surface area contributed by atoms with Crippen LogP contribution in [0, 0.1) is 5.92 Å². The van der Waals surface area contributed by atoms with Crippen molar-refractivity contribution in [3.8, 4) is 5.75 Å². The first-order chi connectivity index (χ1) is 9.65. The Morgan fingerprint density at radius 2 is 2.10 bits per heavy atom. The van der Waals surface area contributed by atoms with Gasteiger partial charge in [-0.2, -0.15) is 0 Å². The number of nitrogens with one attached hydrogen (secondary N) is 1. The number of ether oxygens (including phenoxy) is 1. The quantitative estimate of drug-likeness (QED) is 0.839. The van der Waals surface area contributed by atoms with Gasteiger partial charge in [-0.1, -0.05) is 25.5 Å². The molecule has 3 heteroatoms. The molecule has 0 heterocycles. The maximum absolute atomic E-state index is 10.6. The average Bonchev–Trinajstić information content (AvgIpc) is 2.48. The summed E-state index contributed by atoms with van der Waals surface area (Å²) in [5.41, 5.74) is 0.681. The van der Waals surface area contributed by atoms with Crippen LogP contribution in [0.3, 0.4) is 0 Å². The van der Waals surface area contributed by atoms with Gasteiger partial charge in [-0.25, -0.2) is 0 Å². The van der Waals surface area contributed by atoms with Gasteiger partial charge in [0, 0.05) is 13.1 Å². The summed E-state index contributed by atoms with van der Waals surface area (Å²) in [6.45, 7) is 3.70. The van der Waals surface area contributed by atoms with E-state index in [1.54, 1.807) is 7.11 Å². The number of hydrogen-bond donors (Lipinski definition) is 2. The Kier molecular flexibility index (Phi) is 5.44. The van der Waals surface area contributed by atoms with E-state index in [2.05, 4.69) is 18.3 Å². The standard InChI is InChI=1S/C17H27NO2/c1-3-14-7-9-17(19,10-8-14)13-18-12-15-5-4-6-16(11-15)20-2/h4-6,11,14,18-19H,3,7-10,12-13H2,1-2H3. The highest BCUT2D eigenvalue weighted by atomic mass is 16.5. The van der Waals surface area contributed by atoms with Gasteiger partial charge in [-0.3, -0.25) is 0 Å². The molecule has 1 saturated carbocycles. The molecule has 1 aromatic carbocycles. The summed E-state index contributed by atoms with van der Waals surface area (Å²) in [6.07, 6.45) is 5.42. The molecule has 0 spiro atoms. The monoisotopic (exact) mass is 277 g/mol. The van der Waals surface area contributed by atoms with Crippen molar-refractivity contribution < 1.29 is 9.84 Å². The van der Waals surface area contributed by atoms with Crippen LogP contribution in [0.5, 0.6) is 5.75 Å². The SMILES string of the molecule is CCC1CCC(O)(CNCc2cccc(OC)c2)CC1. The van der Waals surface area contributed by atoms with Crippen molar-refractivity contribution >= 4 is 0 Å². The van der Waals surface area contributed by atoms with Gasteiger partial charge < -0.3 is 15.2 Å². The van der Waals surface area contributed by atoms with Gasteiger partial charge in [0.25, 0.3) is 0 Å². The predicted octanol–water partition coefficient (Wildman–Crippen LogP) is 3.12. The molecule has 3 nitrogen and oxygen atoms in total. The van der Waals surface area contributed by atoms with Crippen LogP contribution in [0.1, 0.15) is 44.6 Å². The summed E-state index contributed by atoms with van der Waals surface area (Å²) in [6, 6.07) is 8.05. The summed E-state index contributed by atoms with van der Waals surface area (Å²) in [5, 5.41) is 14.0. The van der Waals surface area contributed by atoms with E-state index in [4.69, 9.17) is 4.74 Å². The van der Waals surface area contributed by atoms with Crippen LogP contribution in [0.25, 0.3) is 0 Å². The zero-order chi connectivity index (χ0) is 14.4. The molecule has 1 fully saturated rings. The van der Waals surface area contributed by atoms with E-state index in [0.29, 0.717) is 6.54 Å². The molecule has 0 aliphatic heterocycles. The highest BCUT2D eigenvalue weighted by molar-refractivity contribution is 5.28. The molecule has 2 rings (SSSR count). The third kappa shape index (κ3) is 4.22. The minimum Gasteiger partial charge on any atom is -0.497 e. The van der Waals surface area contributed by atoms with E-state index in [9.17, 15) is 5.11 Å². The Morgan fingerprint density at radius 3 is 2.75 bits per heavy atom. The van der Waals surface area contributed by atoms with E-state index in [-0.39, 0.29) is 0 Å². The largest absolute Gasteiger partial charge is 0.497 e. The maximum Gasteiger partial charge on any atom is 0.119 e. The number of benzene rings is 1. The Bertz CT molecular complexity index is 411. The Balaban J connectivity index is 1.77. The lowest BCUT2D eigenvalue weighted by Gasteiger charge is -2.36. The number of methoxy groups -OCH3 is 1. The molecule has 1 aliphatic carbocycles. The van der Waals surface area contributed by atoms with Crippen LogP contribution in [0.4, 0.5) is 0 Å². The fraction of sp³-hybridized carbons (Fsp3) is 0.647. The van der Waals surface area contributed by atoms with Crippen molar-refractivity contribution in [3.05, 3.63) is 29.8 Å². The molecule has 1 aliphatic rings. The van der Waals surface area contributed by atoms with E-state index in [0.717, 1.165) is 43.9 Å². The second-order valence-electron chi connectivity index (χ2n) is 6.03. The van der Waals surface area contributed by atoms with Crippen LogP contribution in [0.15, 0.2) is 24.3 Å². The highest BCUT2D eigenvalue weighted by Gasteiger charge is 2.31. The zero-order valence-electron chi connectivity index (χ0n) is 12.7. The smallest absolute Gasteiger partial charge is 0.119 e. The molecule has 0 aromatic heterocycles. The summed E-state index contributed by atoms with van der Waals surface area (Å²) in [5.74, 6) is 1.69. The lowest BCUT2D eigenvalue weighted by Crippen LogP contribution is -2.43. The maximum atomic E-state index is 10.6. The zero-order valence-corrected chi connectivity index (χ0v) is 12.7. The van der Waals surface area contributed by atoms with Crippen molar-refractivity contribution in [1.29, 1.82) is 0 Å². The number of rotatable bonds is 6. The van der Waals surface area contributed by atoms with Crippen LogP contribution in [-0.2, 0) is 6.54 Å². The summed E-state index contributed by atoms with van der Waals surface area (Å²) in [7, 11) is 1.68. The normalized spacial score (nSPS) is 26.4. The molecule has 0 saturated heterocycles. The second kappa shape index (κ2) is 7.09. The van der Waals surface area contributed by atoms with Gasteiger partial charge in [-0.05, 0) is 49.3 Å². The lowest BCUT2D eigenvalue weighted by atomic mass is 9.78. The molecule has 1 aromatic rings. The molecule has 0 radical (unpaired) electrons. The van der Waals surface area contributed by atoms with E-state index < -0.39 is 5.60 Å².